The number of likely N-dealkylation sites (tertiary alicyclic amines) is 1. The largest absolute Gasteiger partial charge is 0.454 e. The fourth-order valence-electron chi connectivity index (χ4n) is 4.99. The van der Waals surface area contributed by atoms with Gasteiger partial charge in [0.1, 0.15) is 11.6 Å². The molecule has 0 spiro atoms. The minimum Gasteiger partial charge on any atom is -0.454 e. The van der Waals surface area contributed by atoms with Crippen LogP contribution in [0.25, 0.3) is 17.2 Å². The van der Waals surface area contributed by atoms with E-state index in [1.54, 1.807) is 6.20 Å². The van der Waals surface area contributed by atoms with Gasteiger partial charge in [0.15, 0.2) is 11.5 Å². The van der Waals surface area contributed by atoms with Gasteiger partial charge in [-0.1, -0.05) is 0 Å². The molecular formula is C24H25N7O3. The molecule has 174 valence electrons. The molecule has 3 aliphatic heterocycles. The van der Waals surface area contributed by atoms with E-state index in [-0.39, 0.29) is 18.8 Å². The number of aromatic nitrogens is 4. The van der Waals surface area contributed by atoms with Crippen LogP contribution in [0.5, 0.6) is 11.5 Å². The molecule has 1 aromatic carbocycles. The summed E-state index contributed by atoms with van der Waals surface area (Å²) in [6.07, 6.45) is 4.74. The van der Waals surface area contributed by atoms with Gasteiger partial charge in [-0.15, -0.1) is 0 Å². The summed E-state index contributed by atoms with van der Waals surface area (Å²) in [4.78, 5) is 28.6. The summed E-state index contributed by atoms with van der Waals surface area (Å²) in [6, 6.07) is 7.94. The normalized spacial score (nSPS) is 20.6. The number of hydrogen-bond acceptors (Lipinski definition) is 8. The Morgan fingerprint density at radius 2 is 2.00 bits per heavy atom. The van der Waals surface area contributed by atoms with Crippen LogP contribution < -0.4 is 20.1 Å². The second kappa shape index (κ2) is 7.69. The molecule has 0 radical (unpaired) electrons. The molecule has 2 fully saturated rings. The molecular weight excluding hydrogens is 434 g/mol. The number of rotatable bonds is 5. The number of benzene rings is 1. The highest BCUT2D eigenvalue weighted by atomic mass is 16.7. The van der Waals surface area contributed by atoms with E-state index in [1.165, 1.54) is 0 Å². The number of imidazole rings is 1. The third-order valence-electron chi connectivity index (χ3n) is 6.90. The van der Waals surface area contributed by atoms with Gasteiger partial charge in [0, 0.05) is 49.9 Å². The van der Waals surface area contributed by atoms with Crippen molar-refractivity contribution in [3.05, 3.63) is 41.9 Å². The lowest BCUT2D eigenvalue weighted by molar-refractivity contribution is -0.131. The fourth-order valence-corrected chi connectivity index (χ4v) is 4.99. The highest BCUT2D eigenvalue weighted by molar-refractivity contribution is 5.81. The second-order valence-electron chi connectivity index (χ2n) is 9.26. The molecule has 7 rings (SSSR count). The van der Waals surface area contributed by atoms with Crippen molar-refractivity contribution in [2.24, 2.45) is 5.92 Å². The lowest BCUT2D eigenvalue weighted by atomic mass is 10.2. The van der Waals surface area contributed by atoms with Gasteiger partial charge in [-0.25, -0.2) is 9.97 Å². The predicted molar refractivity (Wildman–Crippen MR) is 123 cm³/mol. The predicted octanol–water partition coefficient (Wildman–Crippen LogP) is 2.08. The van der Waals surface area contributed by atoms with E-state index in [9.17, 15) is 4.79 Å². The smallest absolute Gasteiger partial charge is 0.231 e. The van der Waals surface area contributed by atoms with Crippen molar-refractivity contribution in [3.63, 3.8) is 0 Å². The molecule has 0 unspecified atom stereocenters. The molecule has 1 atom stereocenters. The van der Waals surface area contributed by atoms with E-state index < -0.39 is 0 Å². The Morgan fingerprint density at radius 3 is 2.91 bits per heavy atom. The van der Waals surface area contributed by atoms with Gasteiger partial charge in [-0.2, -0.15) is 4.98 Å². The molecule has 1 amide bonds. The number of carbonyl (C=O) groups excluding carboxylic acids is 1. The van der Waals surface area contributed by atoms with Crippen LogP contribution in [0.2, 0.25) is 0 Å². The van der Waals surface area contributed by atoms with Crippen LogP contribution in [-0.2, 0) is 17.9 Å². The first-order valence-electron chi connectivity index (χ1n) is 11.8. The molecule has 2 N–H and O–H groups in total. The van der Waals surface area contributed by atoms with E-state index in [1.807, 2.05) is 29.2 Å². The first-order chi connectivity index (χ1) is 16.7. The Labute approximate surface area is 196 Å². The maximum Gasteiger partial charge on any atom is 0.231 e. The Hall–Kier alpha value is -3.66. The Morgan fingerprint density at radius 1 is 1.09 bits per heavy atom. The van der Waals surface area contributed by atoms with Gasteiger partial charge in [-0.05, 0) is 43.5 Å². The van der Waals surface area contributed by atoms with Gasteiger partial charge in [-0.3, -0.25) is 9.36 Å². The number of nitrogens with zero attached hydrogens (tertiary/aromatic N) is 5. The number of fused-ring (bicyclic) bond motifs is 2. The third-order valence-corrected chi connectivity index (χ3v) is 6.90. The SMILES string of the molecule is O=C(C1CC1)N1CC[C@H](Nc2nccc(-n3c(-c4ccc5c(c4)OCO5)nc4c3CNC4)n2)C1. The summed E-state index contributed by atoms with van der Waals surface area (Å²) >= 11 is 0. The lowest BCUT2D eigenvalue weighted by Crippen LogP contribution is -2.32. The highest BCUT2D eigenvalue weighted by Gasteiger charge is 2.36. The van der Waals surface area contributed by atoms with Crippen molar-refractivity contribution in [2.75, 3.05) is 25.2 Å². The standard InChI is InChI=1S/C24H25N7O3/c32-23(14-1-2-14)30-8-6-16(12-30)27-24-26-7-5-21(29-24)31-18-11-25-10-17(18)28-22(31)15-3-4-19-20(9-15)34-13-33-19/h3-5,7,9,14,16,25H,1-2,6,8,10-13H2,(H,26,27,29)/t16-/m0/s1. The number of ether oxygens (including phenoxy) is 2. The molecule has 1 saturated heterocycles. The zero-order chi connectivity index (χ0) is 22.6. The second-order valence-corrected chi connectivity index (χ2v) is 9.26. The van der Waals surface area contributed by atoms with Gasteiger partial charge >= 0.3 is 0 Å². The van der Waals surface area contributed by atoms with Crippen LogP contribution in [0.3, 0.4) is 0 Å². The number of hydrogen-bond donors (Lipinski definition) is 2. The monoisotopic (exact) mass is 459 g/mol. The maximum atomic E-state index is 12.4. The van der Waals surface area contributed by atoms with Gasteiger partial charge in [0.05, 0.1) is 11.4 Å². The maximum absolute atomic E-state index is 12.4. The lowest BCUT2D eigenvalue weighted by Gasteiger charge is -2.17. The summed E-state index contributed by atoms with van der Waals surface area (Å²) in [5.74, 6) is 4.16. The summed E-state index contributed by atoms with van der Waals surface area (Å²) in [7, 11) is 0. The van der Waals surface area contributed by atoms with Crippen LogP contribution in [0.15, 0.2) is 30.5 Å². The topological polar surface area (TPSA) is 106 Å². The molecule has 0 bridgehead atoms. The van der Waals surface area contributed by atoms with E-state index in [0.29, 0.717) is 18.4 Å². The van der Waals surface area contributed by atoms with Gasteiger partial charge in [0.2, 0.25) is 18.6 Å². The van der Waals surface area contributed by atoms with Crippen molar-refractivity contribution < 1.29 is 14.3 Å². The molecule has 1 saturated carbocycles. The fraction of sp³-hybridized carbons (Fsp3) is 0.417. The summed E-state index contributed by atoms with van der Waals surface area (Å²) in [6.45, 7) is 3.18. The summed E-state index contributed by atoms with van der Waals surface area (Å²) in [5, 5.41) is 6.82. The number of nitrogens with one attached hydrogen (secondary N) is 2. The zero-order valence-corrected chi connectivity index (χ0v) is 18.7. The molecule has 34 heavy (non-hydrogen) atoms. The van der Waals surface area contributed by atoms with Gasteiger partial charge in [0.25, 0.3) is 0 Å². The molecule has 10 nitrogen and oxygen atoms in total. The molecule has 10 heteroatoms. The Kier molecular flexibility index (Phi) is 4.48. The number of carbonyl (C=O) groups is 1. The van der Waals surface area contributed by atoms with E-state index >= 15 is 0 Å². The number of anilines is 1. The highest BCUT2D eigenvalue weighted by Crippen LogP contribution is 2.37. The quantitative estimate of drug-likeness (QED) is 0.598. The average Bonchev–Trinajstić information content (AvgIpc) is 3.21. The average molecular weight is 460 g/mol. The van der Waals surface area contributed by atoms with E-state index in [0.717, 1.165) is 79.0 Å². The first kappa shape index (κ1) is 19.8. The molecule has 4 aliphatic rings. The van der Waals surface area contributed by atoms with Crippen molar-refractivity contribution in [1.29, 1.82) is 0 Å². The van der Waals surface area contributed by atoms with Gasteiger partial charge < -0.3 is 25.0 Å². The Bertz CT molecular complexity index is 1290. The van der Waals surface area contributed by atoms with Crippen molar-refractivity contribution in [3.8, 4) is 28.7 Å². The minimum absolute atomic E-state index is 0.154. The van der Waals surface area contributed by atoms with E-state index in [2.05, 4.69) is 20.2 Å². The van der Waals surface area contributed by atoms with Crippen LogP contribution >= 0.6 is 0 Å². The molecule has 3 aromatic rings. The number of amides is 1. The Balaban J connectivity index is 1.19. The van der Waals surface area contributed by atoms with Crippen molar-refractivity contribution >= 4 is 11.9 Å². The first-order valence-corrected chi connectivity index (χ1v) is 11.8. The summed E-state index contributed by atoms with van der Waals surface area (Å²) in [5.41, 5.74) is 3.06. The third kappa shape index (κ3) is 3.37. The molecule has 1 aliphatic carbocycles. The van der Waals surface area contributed by atoms with Crippen LogP contribution in [-0.4, -0.2) is 56.3 Å². The van der Waals surface area contributed by atoms with E-state index in [4.69, 9.17) is 19.4 Å². The zero-order valence-electron chi connectivity index (χ0n) is 18.7. The van der Waals surface area contributed by atoms with Crippen LogP contribution in [0, 0.1) is 5.92 Å². The van der Waals surface area contributed by atoms with Crippen molar-refractivity contribution in [2.45, 2.75) is 38.4 Å². The molecule has 5 heterocycles. The van der Waals surface area contributed by atoms with Crippen LogP contribution in [0.4, 0.5) is 5.95 Å². The summed E-state index contributed by atoms with van der Waals surface area (Å²) < 4.78 is 13.2. The van der Waals surface area contributed by atoms with Crippen LogP contribution in [0.1, 0.15) is 30.7 Å². The van der Waals surface area contributed by atoms with Crippen molar-refractivity contribution in [1.82, 2.24) is 29.7 Å². The molecule has 2 aromatic heterocycles. The minimum atomic E-state index is 0.154.